The second-order valence-corrected chi connectivity index (χ2v) is 12.1. The van der Waals surface area contributed by atoms with Gasteiger partial charge in [0.1, 0.15) is 22.8 Å². The van der Waals surface area contributed by atoms with Crippen LogP contribution in [-0.4, -0.2) is 37.5 Å². The van der Waals surface area contributed by atoms with Crippen molar-refractivity contribution >= 4 is 46.2 Å². The van der Waals surface area contributed by atoms with Gasteiger partial charge in [0.25, 0.3) is 11.8 Å². The molecule has 0 fully saturated rings. The molecule has 0 radical (unpaired) electrons. The van der Waals surface area contributed by atoms with Gasteiger partial charge in [-0.1, -0.05) is 24.3 Å². The number of fused-ring (bicyclic) bond motifs is 1. The van der Waals surface area contributed by atoms with Gasteiger partial charge in [-0.05, 0) is 75.2 Å². The van der Waals surface area contributed by atoms with Gasteiger partial charge < -0.3 is 25.0 Å². The summed E-state index contributed by atoms with van der Waals surface area (Å²) in [7, 11) is 3.28. The number of esters is 1. The third-order valence-electron chi connectivity index (χ3n) is 7.33. The minimum atomic E-state index is -0.805. The molecule has 1 aromatic heterocycles. The molecule has 0 saturated carbocycles. The van der Waals surface area contributed by atoms with Crippen LogP contribution in [0.2, 0.25) is 0 Å². The van der Waals surface area contributed by atoms with Gasteiger partial charge in [-0.2, -0.15) is 0 Å². The van der Waals surface area contributed by atoms with Crippen molar-refractivity contribution in [2.24, 2.45) is 0 Å². The third-order valence-corrected chi connectivity index (χ3v) is 8.31. The Morgan fingerprint density at radius 3 is 2.43 bits per heavy atom. The standard InChI is InChI=1S/C33H33N3O5S/c1-19-9-7-8-10-22(19)30(37)34-21-12-13-24(27(17-21)40-6)23-14-15-26-29(36(5)32(39)33(3,4)35-26)25(23)18-41-31(38)28-16-11-20(2)42-28/h7-17,35H,18H2,1-6H3,(H,34,37). The lowest BCUT2D eigenvalue weighted by atomic mass is 9.91. The lowest BCUT2D eigenvalue weighted by Gasteiger charge is -2.39. The Labute approximate surface area is 249 Å². The Hall–Kier alpha value is -4.63. The Morgan fingerprint density at radius 2 is 1.74 bits per heavy atom. The highest BCUT2D eigenvalue weighted by atomic mass is 32.1. The molecule has 2 N–H and O–H groups in total. The van der Waals surface area contributed by atoms with E-state index < -0.39 is 11.5 Å². The first-order valence-electron chi connectivity index (χ1n) is 13.5. The predicted octanol–water partition coefficient (Wildman–Crippen LogP) is 6.82. The van der Waals surface area contributed by atoms with Gasteiger partial charge in [-0.15, -0.1) is 11.3 Å². The molecule has 216 valence electrons. The van der Waals surface area contributed by atoms with E-state index in [1.54, 1.807) is 43.3 Å². The number of likely N-dealkylation sites (N-methyl/N-ethyl adjacent to an activating group) is 1. The first kappa shape index (κ1) is 28.9. The number of aryl methyl sites for hydroxylation is 2. The number of nitrogens with zero attached hydrogens (tertiary/aromatic N) is 1. The SMILES string of the molecule is COc1cc(NC(=O)c2ccccc2C)ccc1-c1ccc2c(c1COC(=O)c1ccc(C)s1)N(C)C(=O)C(C)(C)N2. The van der Waals surface area contributed by atoms with Crippen molar-refractivity contribution in [1.82, 2.24) is 0 Å². The number of benzene rings is 3. The fourth-order valence-electron chi connectivity index (χ4n) is 5.20. The molecule has 0 unspecified atom stereocenters. The number of nitrogens with one attached hydrogen (secondary N) is 2. The van der Waals surface area contributed by atoms with Gasteiger partial charge in [0.05, 0.1) is 18.5 Å². The second-order valence-electron chi connectivity index (χ2n) is 10.8. The molecule has 3 aromatic carbocycles. The zero-order valence-electron chi connectivity index (χ0n) is 24.5. The molecule has 42 heavy (non-hydrogen) atoms. The number of carbonyl (C=O) groups is 3. The molecular formula is C33H33N3O5S. The van der Waals surface area contributed by atoms with Gasteiger partial charge >= 0.3 is 5.97 Å². The quantitative estimate of drug-likeness (QED) is 0.232. The largest absolute Gasteiger partial charge is 0.496 e. The fraction of sp³-hybridized carbons (Fsp3) is 0.242. The van der Waals surface area contributed by atoms with Crippen molar-refractivity contribution in [1.29, 1.82) is 0 Å². The highest BCUT2D eigenvalue weighted by Gasteiger charge is 2.39. The average molecular weight is 584 g/mol. The number of thiophene rings is 1. The minimum absolute atomic E-state index is 0.0665. The monoisotopic (exact) mass is 583 g/mol. The normalized spacial score (nSPS) is 13.7. The molecule has 8 nitrogen and oxygen atoms in total. The molecule has 9 heteroatoms. The zero-order valence-corrected chi connectivity index (χ0v) is 25.3. The highest BCUT2D eigenvalue weighted by Crippen LogP contribution is 2.44. The van der Waals surface area contributed by atoms with E-state index >= 15 is 0 Å². The summed E-state index contributed by atoms with van der Waals surface area (Å²) in [6, 6.07) is 20.2. The van der Waals surface area contributed by atoms with Crippen LogP contribution in [0.5, 0.6) is 5.75 Å². The smallest absolute Gasteiger partial charge is 0.348 e. The molecule has 1 aliphatic rings. The number of methoxy groups -OCH3 is 1. The first-order chi connectivity index (χ1) is 20.0. The van der Waals surface area contributed by atoms with E-state index in [9.17, 15) is 14.4 Å². The van der Waals surface area contributed by atoms with Crippen molar-refractivity contribution < 1.29 is 23.9 Å². The summed E-state index contributed by atoms with van der Waals surface area (Å²) in [5.41, 5.74) is 4.72. The maximum absolute atomic E-state index is 13.3. The van der Waals surface area contributed by atoms with Crippen LogP contribution < -0.4 is 20.3 Å². The van der Waals surface area contributed by atoms with E-state index in [-0.39, 0.29) is 18.4 Å². The van der Waals surface area contributed by atoms with Crippen molar-refractivity contribution in [3.63, 3.8) is 0 Å². The van der Waals surface area contributed by atoms with E-state index in [1.165, 1.54) is 11.3 Å². The van der Waals surface area contributed by atoms with Gasteiger partial charge in [0.2, 0.25) is 0 Å². The van der Waals surface area contributed by atoms with E-state index in [0.717, 1.165) is 27.3 Å². The fourth-order valence-corrected chi connectivity index (χ4v) is 5.96. The van der Waals surface area contributed by atoms with Crippen LogP contribution in [0.1, 0.15) is 49.9 Å². The zero-order chi connectivity index (χ0) is 30.2. The van der Waals surface area contributed by atoms with Crippen molar-refractivity contribution in [2.75, 3.05) is 29.7 Å². The lowest BCUT2D eigenvalue weighted by molar-refractivity contribution is -0.121. The number of carbonyl (C=O) groups excluding carboxylic acids is 3. The summed E-state index contributed by atoms with van der Waals surface area (Å²) in [5.74, 6) is -0.259. The second kappa shape index (κ2) is 11.3. The maximum Gasteiger partial charge on any atom is 0.348 e. The molecule has 2 amide bonds. The summed E-state index contributed by atoms with van der Waals surface area (Å²) in [4.78, 5) is 42.3. The van der Waals surface area contributed by atoms with Crippen molar-refractivity contribution in [3.05, 3.63) is 93.2 Å². The van der Waals surface area contributed by atoms with E-state index in [1.807, 2.05) is 70.2 Å². The Bertz CT molecular complexity index is 1710. The van der Waals surface area contributed by atoms with Crippen molar-refractivity contribution in [3.8, 4) is 16.9 Å². The summed E-state index contributed by atoms with van der Waals surface area (Å²) >= 11 is 1.37. The van der Waals surface area contributed by atoms with Gasteiger partial charge in [-0.25, -0.2) is 4.79 Å². The Morgan fingerprint density at radius 1 is 1.00 bits per heavy atom. The third kappa shape index (κ3) is 5.47. The number of amides is 2. The van der Waals surface area contributed by atoms with Crippen LogP contribution >= 0.6 is 11.3 Å². The topological polar surface area (TPSA) is 97.0 Å². The molecule has 0 bridgehead atoms. The number of ether oxygens (including phenoxy) is 2. The number of anilines is 3. The van der Waals surface area contributed by atoms with E-state index in [2.05, 4.69) is 10.6 Å². The van der Waals surface area contributed by atoms with Gasteiger partial charge in [0, 0.05) is 40.4 Å². The Balaban J connectivity index is 1.55. The molecular weight excluding hydrogens is 550 g/mol. The van der Waals surface area contributed by atoms with Crippen LogP contribution in [-0.2, 0) is 16.1 Å². The van der Waals surface area contributed by atoms with E-state index in [0.29, 0.717) is 33.1 Å². The van der Waals surface area contributed by atoms with Gasteiger partial charge in [0.15, 0.2) is 0 Å². The number of hydrogen-bond donors (Lipinski definition) is 2. The summed E-state index contributed by atoms with van der Waals surface area (Å²) in [6.07, 6.45) is 0. The summed E-state index contributed by atoms with van der Waals surface area (Å²) in [6.45, 7) is 7.41. The number of rotatable bonds is 7. The maximum atomic E-state index is 13.3. The molecule has 0 aliphatic carbocycles. The molecule has 0 atom stereocenters. The van der Waals surface area contributed by atoms with E-state index in [4.69, 9.17) is 9.47 Å². The Kier molecular flexibility index (Phi) is 7.79. The lowest BCUT2D eigenvalue weighted by Crippen LogP contribution is -2.52. The molecule has 2 heterocycles. The highest BCUT2D eigenvalue weighted by molar-refractivity contribution is 7.13. The van der Waals surface area contributed by atoms with Crippen LogP contribution in [0.3, 0.4) is 0 Å². The van der Waals surface area contributed by atoms with Crippen molar-refractivity contribution in [2.45, 2.75) is 39.8 Å². The first-order valence-corrected chi connectivity index (χ1v) is 14.3. The molecule has 1 aliphatic heterocycles. The number of hydrogen-bond acceptors (Lipinski definition) is 7. The van der Waals surface area contributed by atoms with Crippen LogP contribution in [0.4, 0.5) is 17.1 Å². The molecule has 4 aromatic rings. The summed E-state index contributed by atoms with van der Waals surface area (Å²) < 4.78 is 11.6. The van der Waals surface area contributed by atoms with Crippen LogP contribution in [0.25, 0.3) is 11.1 Å². The van der Waals surface area contributed by atoms with Gasteiger partial charge in [-0.3, -0.25) is 9.59 Å². The average Bonchev–Trinajstić information content (AvgIpc) is 3.40. The van der Waals surface area contributed by atoms with Crippen LogP contribution in [0, 0.1) is 13.8 Å². The van der Waals surface area contributed by atoms with Crippen LogP contribution in [0.15, 0.2) is 66.7 Å². The summed E-state index contributed by atoms with van der Waals surface area (Å²) in [5, 5.41) is 6.28. The minimum Gasteiger partial charge on any atom is -0.496 e. The molecule has 0 saturated heterocycles. The molecule has 5 rings (SSSR count). The predicted molar refractivity (Wildman–Crippen MR) is 167 cm³/mol. The molecule has 0 spiro atoms.